The number of rotatable bonds is 6. The third kappa shape index (κ3) is 17.6. The van der Waals surface area contributed by atoms with Gasteiger partial charge in [0.1, 0.15) is 13.2 Å². The number of aliphatic hydroxyl groups is 4. The highest BCUT2D eigenvalue weighted by atomic mass is 16.4. The average molecular weight is 314 g/mol. The normalized spacial score (nSPS) is 9.90. The zero-order valence-electron chi connectivity index (χ0n) is 10.4. The number of carbonyl (C=O) groups excluding carboxylic acids is 2. The van der Waals surface area contributed by atoms with Gasteiger partial charge in [-0.05, 0) is 0 Å². The van der Waals surface area contributed by atoms with E-state index >= 15 is 0 Å². The van der Waals surface area contributed by atoms with Gasteiger partial charge in [-0.2, -0.15) is 0 Å². The summed E-state index contributed by atoms with van der Waals surface area (Å²) < 4.78 is 0. The van der Waals surface area contributed by atoms with E-state index in [4.69, 9.17) is 35.7 Å². The first-order valence-corrected chi connectivity index (χ1v) is 4.80. The van der Waals surface area contributed by atoms with Crippen molar-refractivity contribution < 1.29 is 59.7 Å². The standard InChI is InChI=1S/C3H6O4.2C3H4O4/c3*4-1-2(5)3(6)7/h2,4-5H,1H2,(H,6,7);2*4H,1H2,(H,6,7). The largest absolute Gasteiger partial charge is 0.479 e. The molecule has 0 amide bonds. The van der Waals surface area contributed by atoms with Gasteiger partial charge in [-0.25, -0.2) is 14.4 Å². The summed E-state index contributed by atoms with van der Waals surface area (Å²) in [6.07, 6.45) is -1.63. The van der Waals surface area contributed by atoms with E-state index in [0.29, 0.717) is 0 Å². The first kappa shape index (κ1) is 23.7. The van der Waals surface area contributed by atoms with Crippen LogP contribution < -0.4 is 0 Å². The Labute approximate surface area is 116 Å². The summed E-state index contributed by atoms with van der Waals surface area (Å²) in [6.45, 7) is -2.57. The molecule has 122 valence electrons. The lowest BCUT2D eigenvalue weighted by atomic mass is 10.4. The summed E-state index contributed by atoms with van der Waals surface area (Å²) in [5.74, 6) is -6.95. The van der Waals surface area contributed by atoms with Crippen LogP contribution in [0, 0.1) is 0 Å². The van der Waals surface area contributed by atoms with E-state index in [1.807, 2.05) is 0 Å². The smallest absolute Gasteiger partial charge is 0.374 e. The van der Waals surface area contributed by atoms with Gasteiger partial charge in [0.2, 0.25) is 0 Å². The highest BCUT2D eigenvalue weighted by Crippen LogP contribution is 1.75. The maximum atomic E-state index is 9.66. The quantitative estimate of drug-likeness (QED) is 0.231. The van der Waals surface area contributed by atoms with Gasteiger partial charge in [0.25, 0.3) is 11.6 Å². The minimum Gasteiger partial charge on any atom is -0.479 e. The van der Waals surface area contributed by atoms with Crippen LogP contribution in [-0.4, -0.2) is 91.1 Å². The predicted molar refractivity (Wildman–Crippen MR) is 60.2 cm³/mol. The summed E-state index contributed by atoms with van der Waals surface area (Å²) >= 11 is 0. The number of aliphatic hydroxyl groups excluding tert-OH is 4. The van der Waals surface area contributed by atoms with Crippen molar-refractivity contribution in [2.45, 2.75) is 6.10 Å². The molecule has 0 heterocycles. The molecular formula is C9H14O12. The molecule has 0 aliphatic rings. The van der Waals surface area contributed by atoms with Gasteiger partial charge in [-0.1, -0.05) is 0 Å². The molecule has 0 rings (SSSR count). The van der Waals surface area contributed by atoms with Crippen LogP contribution in [0.1, 0.15) is 0 Å². The Bertz CT molecular complexity index is 347. The van der Waals surface area contributed by atoms with Gasteiger partial charge >= 0.3 is 17.9 Å². The lowest BCUT2D eigenvalue weighted by Crippen LogP contribution is -2.22. The van der Waals surface area contributed by atoms with Crippen molar-refractivity contribution in [2.24, 2.45) is 0 Å². The molecule has 0 bridgehead atoms. The maximum Gasteiger partial charge on any atom is 0.374 e. The minimum atomic E-state index is -1.63. The molecule has 1 unspecified atom stereocenters. The zero-order chi connectivity index (χ0) is 17.6. The fraction of sp³-hybridized carbons (Fsp3) is 0.444. The second kappa shape index (κ2) is 14.0. The third-order valence-corrected chi connectivity index (χ3v) is 1.22. The Morgan fingerprint density at radius 1 is 0.714 bits per heavy atom. The van der Waals surface area contributed by atoms with Gasteiger partial charge in [-0.15, -0.1) is 0 Å². The molecule has 0 spiro atoms. The molecule has 0 aromatic carbocycles. The monoisotopic (exact) mass is 314 g/mol. The molecule has 21 heavy (non-hydrogen) atoms. The summed E-state index contributed by atoms with van der Waals surface area (Å²) in [4.78, 5) is 47.7. The van der Waals surface area contributed by atoms with E-state index in [-0.39, 0.29) is 0 Å². The second-order valence-electron chi connectivity index (χ2n) is 2.81. The molecule has 0 saturated heterocycles. The molecule has 0 aliphatic carbocycles. The van der Waals surface area contributed by atoms with Crippen molar-refractivity contribution in [2.75, 3.05) is 19.8 Å². The van der Waals surface area contributed by atoms with Crippen LogP contribution in [0.15, 0.2) is 0 Å². The Hall–Kier alpha value is -2.41. The van der Waals surface area contributed by atoms with E-state index in [1.54, 1.807) is 0 Å². The van der Waals surface area contributed by atoms with Crippen LogP contribution in [0.5, 0.6) is 0 Å². The summed E-state index contributed by atoms with van der Waals surface area (Å²) in [6, 6.07) is 0. The summed E-state index contributed by atoms with van der Waals surface area (Å²) in [7, 11) is 0. The van der Waals surface area contributed by atoms with Crippen LogP contribution in [0.3, 0.4) is 0 Å². The molecular weight excluding hydrogens is 300 g/mol. The van der Waals surface area contributed by atoms with Crippen molar-refractivity contribution >= 4 is 29.5 Å². The molecule has 12 nitrogen and oxygen atoms in total. The Morgan fingerprint density at radius 2 is 1.00 bits per heavy atom. The zero-order valence-corrected chi connectivity index (χ0v) is 10.4. The molecule has 7 N–H and O–H groups in total. The van der Waals surface area contributed by atoms with Crippen LogP contribution in [0.4, 0.5) is 0 Å². The number of carbonyl (C=O) groups is 5. The lowest BCUT2D eigenvalue weighted by Gasteiger charge is -1.95. The number of aliphatic carboxylic acids is 3. The van der Waals surface area contributed by atoms with Crippen molar-refractivity contribution in [1.29, 1.82) is 0 Å². The van der Waals surface area contributed by atoms with E-state index in [2.05, 4.69) is 0 Å². The fourth-order valence-corrected chi connectivity index (χ4v) is 0.213. The van der Waals surface area contributed by atoms with E-state index in [9.17, 15) is 24.0 Å². The van der Waals surface area contributed by atoms with Crippen LogP contribution in [0.2, 0.25) is 0 Å². The number of carboxylic acids is 3. The summed E-state index contributed by atoms with van der Waals surface area (Å²) in [5.41, 5.74) is 0. The molecule has 0 fully saturated rings. The third-order valence-electron chi connectivity index (χ3n) is 1.22. The number of hydrogen-bond acceptors (Lipinski definition) is 9. The highest BCUT2D eigenvalue weighted by molar-refractivity contribution is 6.33. The topological polar surface area (TPSA) is 227 Å². The van der Waals surface area contributed by atoms with Gasteiger partial charge in [0.15, 0.2) is 6.10 Å². The number of hydrogen-bond donors (Lipinski definition) is 7. The number of ketones is 2. The minimum absolute atomic E-state index is 0.727. The molecule has 0 aromatic heterocycles. The maximum absolute atomic E-state index is 9.66. The molecule has 0 aromatic rings. The Kier molecular flexibility index (Phi) is 15.8. The average Bonchev–Trinajstić information content (AvgIpc) is 2.45. The van der Waals surface area contributed by atoms with Crippen molar-refractivity contribution in [3.05, 3.63) is 0 Å². The van der Waals surface area contributed by atoms with Crippen LogP contribution in [-0.2, 0) is 24.0 Å². The SMILES string of the molecule is O=C(O)C(=O)CO.O=C(O)C(=O)CO.O=C(O)C(O)CO. The predicted octanol–water partition coefficient (Wildman–Crippen LogP) is -4.31. The molecule has 1 atom stereocenters. The molecule has 12 heteroatoms. The van der Waals surface area contributed by atoms with Gasteiger partial charge in [-0.3, -0.25) is 9.59 Å². The van der Waals surface area contributed by atoms with E-state index in [0.717, 1.165) is 0 Å². The van der Waals surface area contributed by atoms with E-state index < -0.39 is 55.4 Å². The number of Topliss-reactive ketones (excluding diaryl/α,β-unsaturated/α-hetero) is 2. The second-order valence-corrected chi connectivity index (χ2v) is 2.81. The highest BCUT2D eigenvalue weighted by Gasteiger charge is 2.09. The van der Waals surface area contributed by atoms with Gasteiger partial charge in [0, 0.05) is 0 Å². The Balaban J connectivity index is -0.000000231. The van der Waals surface area contributed by atoms with Crippen LogP contribution >= 0.6 is 0 Å². The Morgan fingerprint density at radius 3 is 1.00 bits per heavy atom. The van der Waals surface area contributed by atoms with Gasteiger partial charge < -0.3 is 35.7 Å². The number of carboxylic acid groups (broad SMARTS) is 3. The van der Waals surface area contributed by atoms with Crippen LogP contribution in [0.25, 0.3) is 0 Å². The first-order valence-electron chi connectivity index (χ1n) is 4.80. The van der Waals surface area contributed by atoms with Gasteiger partial charge in [0.05, 0.1) is 6.61 Å². The van der Waals surface area contributed by atoms with Crippen molar-refractivity contribution in [3.63, 3.8) is 0 Å². The first-order chi connectivity index (χ1) is 9.54. The summed E-state index contributed by atoms with van der Waals surface area (Å²) in [5, 5.41) is 54.6. The lowest BCUT2D eigenvalue weighted by molar-refractivity contribution is -0.150. The van der Waals surface area contributed by atoms with E-state index in [1.165, 1.54) is 0 Å². The van der Waals surface area contributed by atoms with Crippen molar-refractivity contribution in [3.8, 4) is 0 Å². The van der Waals surface area contributed by atoms with Crippen molar-refractivity contribution in [1.82, 2.24) is 0 Å². The molecule has 0 aliphatic heterocycles. The molecule has 0 saturated carbocycles. The molecule has 0 radical (unpaired) electrons. The fourth-order valence-electron chi connectivity index (χ4n) is 0.213.